The molecule has 2 heteroatoms. The summed E-state index contributed by atoms with van der Waals surface area (Å²) in [6, 6.07) is 10.9. The van der Waals surface area contributed by atoms with Crippen molar-refractivity contribution in [2.24, 2.45) is 5.73 Å². The van der Waals surface area contributed by atoms with Gasteiger partial charge in [-0.3, -0.25) is 0 Å². The summed E-state index contributed by atoms with van der Waals surface area (Å²) >= 11 is 0. The first-order valence-electron chi connectivity index (χ1n) is 5.34. The molecule has 0 spiro atoms. The monoisotopic (exact) mass is 192 g/mol. The summed E-state index contributed by atoms with van der Waals surface area (Å²) in [6.07, 6.45) is 2.18. The van der Waals surface area contributed by atoms with Gasteiger partial charge in [0.2, 0.25) is 0 Å². The fraction of sp³-hybridized carbons (Fsp3) is 0.500. The Bertz CT molecular complexity index is 233. The Kier molecular flexibility index (Phi) is 5.27. The maximum Gasteiger partial charge on any atom is 0.0230 e. The smallest absolute Gasteiger partial charge is 0.0230 e. The lowest BCUT2D eigenvalue weighted by Gasteiger charge is -2.16. The number of nitrogens with one attached hydrogen (secondary N) is 1. The van der Waals surface area contributed by atoms with Crippen LogP contribution in [0.15, 0.2) is 30.3 Å². The van der Waals surface area contributed by atoms with Gasteiger partial charge in [-0.2, -0.15) is 0 Å². The van der Waals surface area contributed by atoms with Crippen molar-refractivity contribution in [1.82, 2.24) is 5.32 Å². The lowest BCUT2D eigenvalue weighted by molar-refractivity contribution is 0.515. The highest BCUT2D eigenvalue weighted by Gasteiger charge is 2.05. The first-order chi connectivity index (χ1) is 6.86. The summed E-state index contributed by atoms with van der Waals surface area (Å²) < 4.78 is 0. The van der Waals surface area contributed by atoms with E-state index in [1.165, 1.54) is 5.56 Å². The predicted octanol–water partition coefficient (Wildman–Crippen LogP) is 1.56. The van der Waals surface area contributed by atoms with Gasteiger partial charge in [-0.25, -0.2) is 0 Å². The van der Waals surface area contributed by atoms with Crippen LogP contribution in [0.2, 0.25) is 0 Å². The molecule has 0 aliphatic carbocycles. The third-order valence-corrected chi connectivity index (χ3v) is 2.29. The van der Waals surface area contributed by atoms with E-state index >= 15 is 0 Å². The molecule has 0 saturated heterocycles. The van der Waals surface area contributed by atoms with Crippen LogP contribution in [0.5, 0.6) is 0 Å². The molecule has 0 radical (unpaired) electrons. The molecule has 3 N–H and O–H groups in total. The van der Waals surface area contributed by atoms with E-state index < -0.39 is 0 Å². The molecule has 14 heavy (non-hydrogen) atoms. The minimum absolute atomic E-state index is 0.414. The SMILES string of the molecule is CCCNC(CN)Cc1ccccc1. The molecule has 0 fully saturated rings. The van der Waals surface area contributed by atoms with Crippen LogP contribution in [-0.4, -0.2) is 19.1 Å². The van der Waals surface area contributed by atoms with E-state index in [4.69, 9.17) is 5.73 Å². The van der Waals surface area contributed by atoms with E-state index in [1.807, 2.05) is 6.07 Å². The summed E-state index contributed by atoms with van der Waals surface area (Å²) in [5, 5.41) is 3.44. The minimum Gasteiger partial charge on any atom is -0.329 e. The number of rotatable bonds is 6. The van der Waals surface area contributed by atoms with Gasteiger partial charge in [0, 0.05) is 12.6 Å². The molecule has 0 aromatic heterocycles. The summed E-state index contributed by atoms with van der Waals surface area (Å²) in [5.74, 6) is 0. The Morgan fingerprint density at radius 2 is 2.00 bits per heavy atom. The summed E-state index contributed by atoms with van der Waals surface area (Å²) in [7, 11) is 0. The number of benzene rings is 1. The second-order valence-corrected chi connectivity index (χ2v) is 3.58. The molecule has 0 saturated carbocycles. The molecular weight excluding hydrogens is 172 g/mol. The predicted molar refractivity (Wildman–Crippen MR) is 61.3 cm³/mol. The third-order valence-electron chi connectivity index (χ3n) is 2.29. The van der Waals surface area contributed by atoms with Gasteiger partial charge in [-0.05, 0) is 24.9 Å². The first kappa shape index (κ1) is 11.2. The lowest BCUT2D eigenvalue weighted by atomic mass is 10.1. The summed E-state index contributed by atoms with van der Waals surface area (Å²) in [6.45, 7) is 3.92. The topological polar surface area (TPSA) is 38.0 Å². The Morgan fingerprint density at radius 3 is 2.57 bits per heavy atom. The zero-order valence-corrected chi connectivity index (χ0v) is 8.87. The van der Waals surface area contributed by atoms with Crippen molar-refractivity contribution in [1.29, 1.82) is 0 Å². The molecule has 0 aliphatic rings. The lowest BCUT2D eigenvalue weighted by Crippen LogP contribution is -2.38. The van der Waals surface area contributed by atoms with Gasteiger partial charge in [0.1, 0.15) is 0 Å². The Morgan fingerprint density at radius 1 is 1.29 bits per heavy atom. The summed E-state index contributed by atoms with van der Waals surface area (Å²) in [5.41, 5.74) is 7.05. The van der Waals surface area contributed by atoms with E-state index in [0.717, 1.165) is 19.4 Å². The minimum atomic E-state index is 0.414. The van der Waals surface area contributed by atoms with Crippen molar-refractivity contribution >= 4 is 0 Å². The van der Waals surface area contributed by atoms with Gasteiger partial charge in [0.25, 0.3) is 0 Å². The van der Waals surface area contributed by atoms with Gasteiger partial charge in [-0.15, -0.1) is 0 Å². The van der Waals surface area contributed by atoms with Crippen molar-refractivity contribution in [3.8, 4) is 0 Å². The molecular formula is C12H20N2. The fourth-order valence-electron chi connectivity index (χ4n) is 1.49. The molecule has 78 valence electrons. The van der Waals surface area contributed by atoms with Crippen LogP contribution < -0.4 is 11.1 Å². The Hall–Kier alpha value is -0.860. The van der Waals surface area contributed by atoms with Gasteiger partial charge in [-0.1, -0.05) is 37.3 Å². The summed E-state index contributed by atoms with van der Waals surface area (Å²) in [4.78, 5) is 0. The zero-order chi connectivity index (χ0) is 10.2. The average molecular weight is 192 g/mol. The quantitative estimate of drug-likeness (QED) is 0.718. The van der Waals surface area contributed by atoms with Crippen molar-refractivity contribution in [3.63, 3.8) is 0 Å². The molecule has 2 nitrogen and oxygen atoms in total. The van der Waals surface area contributed by atoms with Crippen molar-refractivity contribution in [2.45, 2.75) is 25.8 Å². The maximum atomic E-state index is 5.70. The Balaban J connectivity index is 2.40. The van der Waals surface area contributed by atoms with E-state index in [2.05, 4.69) is 36.5 Å². The molecule has 1 atom stereocenters. The zero-order valence-electron chi connectivity index (χ0n) is 8.87. The molecule has 0 amide bonds. The highest BCUT2D eigenvalue weighted by atomic mass is 14.9. The van der Waals surface area contributed by atoms with E-state index in [9.17, 15) is 0 Å². The van der Waals surface area contributed by atoms with Crippen molar-refractivity contribution in [3.05, 3.63) is 35.9 Å². The van der Waals surface area contributed by atoms with Gasteiger partial charge >= 0.3 is 0 Å². The van der Waals surface area contributed by atoms with Gasteiger partial charge in [0.05, 0.1) is 0 Å². The van der Waals surface area contributed by atoms with Gasteiger partial charge < -0.3 is 11.1 Å². The number of hydrogen-bond donors (Lipinski definition) is 2. The second-order valence-electron chi connectivity index (χ2n) is 3.58. The standard InChI is InChI=1S/C12H20N2/c1-2-8-14-12(10-13)9-11-6-4-3-5-7-11/h3-7,12,14H,2,8-10,13H2,1H3. The van der Waals surface area contributed by atoms with Crippen molar-refractivity contribution < 1.29 is 0 Å². The Labute approximate surface area is 86.5 Å². The number of hydrogen-bond acceptors (Lipinski definition) is 2. The normalized spacial score (nSPS) is 12.7. The van der Waals surface area contributed by atoms with Crippen LogP contribution in [0, 0.1) is 0 Å². The van der Waals surface area contributed by atoms with Crippen LogP contribution in [0.1, 0.15) is 18.9 Å². The molecule has 1 unspecified atom stereocenters. The molecule has 0 heterocycles. The van der Waals surface area contributed by atoms with Crippen LogP contribution in [-0.2, 0) is 6.42 Å². The molecule has 1 aromatic carbocycles. The van der Waals surface area contributed by atoms with Gasteiger partial charge in [0.15, 0.2) is 0 Å². The largest absolute Gasteiger partial charge is 0.329 e. The van der Waals surface area contributed by atoms with Crippen LogP contribution in [0.3, 0.4) is 0 Å². The second kappa shape index (κ2) is 6.57. The van der Waals surface area contributed by atoms with E-state index in [0.29, 0.717) is 12.6 Å². The van der Waals surface area contributed by atoms with Crippen LogP contribution in [0.4, 0.5) is 0 Å². The van der Waals surface area contributed by atoms with Crippen molar-refractivity contribution in [2.75, 3.05) is 13.1 Å². The third kappa shape index (κ3) is 3.90. The highest BCUT2D eigenvalue weighted by Crippen LogP contribution is 2.02. The number of nitrogens with two attached hydrogens (primary N) is 1. The van der Waals surface area contributed by atoms with Crippen LogP contribution >= 0.6 is 0 Å². The fourth-order valence-corrected chi connectivity index (χ4v) is 1.49. The molecule has 0 aliphatic heterocycles. The highest BCUT2D eigenvalue weighted by molar-refractivity contribution is 5.15. The molecule has 1 rings (SSSR count). The maximum absolute atomic E-state index is 5.70. The van der Waals surface area contributed by atoms with Crippen LogP contribution in [0.25, 0.3) is 0 Å². The van der Waals surface area contributed by atoms with E-state index in [1.54, 1.807) is 0 Å². The molecule has 0 bridgehead atoms. The first-order valence-corrected chi connectivity index (χ1v) is 5.34. The van der Waals surface area contributed by atoms with E-state index in [-0.39, 0.29) is 0 Å². The molecule has 1 aromatic rings. The average Bonchev–Trinajstić information content (AvgIpc) is 2.25.